The van der Waals surface area contributed by atoms with E-state index in [9.17, 15) is 9.59 Å². The van der Waals surface area contributed by atoms with E-state index >= 15 is 0 Å². The second kappa shape index (κ2) is 8.34. The number of nitrogens with zero attached hydrogens (tertiary/aromatic N) is 4. The fraction of sp³-hybridized carbons (Fsp3) is 0.400. The van der Waals surface area contributed by atoms with Gasteiger partial charge in [-0.1, -0.05) is 0 Å². The van der Waals surface area contributed by atoms with E-state index in [-0.39, 0.29) is 17.8 Å². The highest BCUT2D eigenvalue weighted by molar-refractivity contribution is 5.90. The Hall–Kier alpha value is -3.36. The number of aromatic nitrogens is 2. The molecule has 9 heteroatoms. The van der Waals surface area contributed by atoms with Crippen molar-refractivity contribution in [3.8, 4) is 11.8 Å². The number of benzene rings is 1. The lowest BCUT2D eigenvalue weighted by Crippen LogP contribution is -2.50. The molecule has 2 amide bonds. The number of ether oxygens (including phenoxy) is 2. The van der Waals surface area contributed by atoms with Gasteiger partial charge in [0.05, 0.1) is 0 Å². The summed E-state index contributed by atoms with van der Waals surface area (Å²) in [5, 5.41) is 0. The number of rotatable bonds is 4. The summed E-state index contributed by atoms with van der Waals surface area (Å²) < 4.78 is 11.0. The number of hydrogen-bond acceptors (Lipinski definition) is 7. The lowest BCUT2D eigenvalue weighted by molar-refractivity contribution is 0.0240. The van der Waals surface area contributed by atoms with Gasteiger partial charge in [0.25, 0.3) is 5.91 Å². The van der Waals surface area contributed by atoms with Gasteiger partial charge in [0.15, 0.2) is 0 Å². The van der Waals surface area contributed by atoms with Crippen LogP contribution in [-0.4, -0.2) is 58.6 Å². The molecule has 1 aromatic carbocycles. The van der Waals surface area contributed by atoms with Crippen LogP contribution in [0.15, 0.2) is 36.5 Å². The number of anilines is 1. The zero-order valence-corrected chi connectivity index (χ0v) is 16.8. The molecule has 1 aliphatic rings. The van der Waals surface area contributed by atoms with Gasteiger partial charge in [0.2, 0.25) is 0 Å². The fourth-order valence-corrected chi connectivity index (χ4v) is 2.83. The van der Waals surface area contributed by atoms with Crippen LogP contribution < -0.4 is 15.4 Å². The summed E-state index contributed by atoms with van der Waals surface area (Å²) in [7, 11) is 0. The third kappa shape index (κ3) is 5.56. The van der Waals surface area contributed by atoms with Crippen molar-refractivity contribution in [3.63, 3.8) is 0 Å². The van der Waals surface area contributed by atoms with Crippen molar-refractivity contribution in [1.82, 2.24) is 14.9 Å². The van der Waals surface area contributed by atoms with Crippen molar-refractivity contribution in [1.29, 1.82) is 0 Å². The van der Waals surface area contributed by atoms with Gasteiger partial charge in [-0.25, -0.2) is 9.78 Å². The van der Waals surface area contributed by atoms with Crippen molar-refractivity contribution in [2.24, 2.45) is 5.73 Å². The van der Waals surface area contributed by atoms with E-state index in [0.29, 0.717) is 31.9 Å². The molecule has 0 spiro atoms. The summed E-state index contributed by atoms with van der Waals surface area (Å²) in [6, 6.07) is 8.94. The molecule has 154 valence electrons. The molecule has 1 saturated heterocycles. The highest BCUT2D eigenvalue weighted by atomic mass is 16.6. The molecule has 0 aliphatic carbocycles. The smallest absolute Gasteiger partial charge is 0.410 e. The molecule has 1 fully saturated rings. The molecule has 0 radical (unpaired) electrons. The van der Waals surface area contributed by atoms with Crippen LogP contribution in [0.2, 0.25) is 0 Å². The van der Waals surface area contributed by atoms with Crippen LogP contribution in [0.3, 0.4) is 0 Å². The Balaban J connectivity index is 1.57. The van der Waals surface area contributed by atoms with Gasteiger partial charge in [0, 0.05) is 38.1 Å². The van der Waals surface area contributed by atoms with E-state index < -0.39 is 11.5 Å². The molecule has 1 aliphatic heterocycles. The van der Waals surface area contributed by atoms with Crippen molar-refractivity contribution < 1.29 is 19.1 Å². The molecule has 2 aromatic rings. The molecule has 2 N–H and O–H groups in total. The minimum Gasteiger partial charge on any atom is -0.444 e. The Morgan fingerprint density at radius 3 is 2.28 bits per heavy atom. The molecule has 0 atom stereocenters. The highest BCUT2D eigenvalue weighted by Crippen LogP contribution is 2.24. The molecule has 0 unspecified atom stereocenters. The van der Waals surface area contributed by atoms with Crippen LogP contribution >= 0.6 is 0 Å². The predicted octanol–water partition coefficient (Wildman–Crippen LogP) is 2.42. The monoisotopic (exact) mass is 399 g/mol. The van der Waals surface area contributed by atoms with E-state index in [1.807, 2.05) is 32.9 Å². The molecular formula is C20H25N5O4. The maximum atomic E-state index is 12.2. The molecule has 0 saturated carbocycles. The number of hydrogen-bond donors (Lipinski definition) is 1. The number of primary amides is 1. The van der Waals surface area contributed by atoms with Crippen molar-refractivity contribution in [2.75, 3.05) is 31.1 Å². The van der Waals surface area contributed by atoms with Gasteiger partial charge in [-0.2, -0.15) is 4.98 Å². The largest absolute Gasteiger partial charge is 0.444 e. The molecule has 1 aromatic heterocycles. The number of amides is 2. The van der Waals surface area contributed by atoms with E-state index in [4.69, 9.17) is 15.2 Å². The Labute approximate surface area is 169 Å². The molecule has 2 heterocycles. The van der Waals surface area contributed by atoms with Crippen LogP contribution in [0.1, 0.15) is 31.3 Å². The van der Waals surface area contributed by atoms with Crippen LogP contribution in [-0.2, 0) is 4.74 Å². The Bertz CT molecular complexity index is 871. The maximum absolute atomic E-state index is 12.2. The second-order valence-corrected chi connectivity index (χ2v) is 7.64. The number of carbonyl (C=O) groups excluding carboxylic acids is 2. The zero-order valence-electron chi connectivity index (χ0n) is 16.8. The van der Waals surface area contributed by atoms with Gasteiger partial charge in [0.1, 0.15) is 17.0 Å². The van der Waals surface area contributed by atoms with Crippen molar-refractivity contribution in [3.05, 3.63) is 42.2 Å². The van der Waals surface area contributed by atoms with Gasteiger partial charge in [-0.05, 0) is 51.1 Å². The van der Waals surface area contributed by atoms with Crippen LogP contribution in [0.25, 0.3) is 0 Å². The molecule has 3 rings (SSSR count). The first-order valence-corrected chi connectivity index (χ1v) is 9.35. The van der Waals surface area contributed by atoms with Gasteiger partial charge in [-0.15, -0.1) is 0 Å². The van der Waals surface area contributed by atoms with Crippen molar-refractivity contribution >= 4 is 17.7 Å². The summed E-state index contributed by atoms with van der Waals surface area (Å²) in [6.07, 6.45) is 1.14. The normalized spacial score (nSPS) is 14.4. The van der Waals surface area contributed by atoms with Gasteiger partial charge >= 0.3 is 12.1 Å². The maximum Gasteiger partial charge on any atom is 0.410 e. The third-order valence-electron chi connectivity index (χ3n) is 4.23. The minimum atomic E-state index is -0.641. The summed E-state index contributed by atoms with van der Waals surface area (Å²) >= 11 is 0. The Morgan fingerprint density at radius 1 is 1.03 bits per heavy atom. The van der Waals surface area contributed by atoms with E-state index in [1.165, 1.54) is 12.3 Å². The van der Waals surface area contributed by atoms with Crippen LogP contribution in [0, 0.1) is 0 Å². The molecule has 0 bridgehead atoms. The summed E-state index contributed by atoms with van der Waals surface area (Å²) in [6.45, 7) is 8.20. The summed E-state index contributed by atoms with van der Waals surface area (Å²) in [4.78, 5) is 35.2. The van der Waals surface area contributed by atoms with Crippen molar-refractivity contribution in [2.45, 2.75) is 26.4 Å². The highest BCUT2D eigenvalue weighted by Gasteiger charge is 2.25. The quantitative estimate of drug-likeness (QED) is 0.840. The molecule has 9 nitrogen and oxygen atoms in total. The molecule has 29 heavy (non-hydrogen) atoms. The lowest BCUT2D eigenvalue weighted by Gasteiger charge is -2.36. The van der Waals surface area contributed by atoms with E-state index in [0.717, 1.165) is 5.69 Å². The molecular weight excluding hydrogens is 374 g/mol. The Morgan fingerprint density at radius 2 is 1.69 bits per heavy atom. The number of nitrogens with two attached hydrogens (primary N) is 1. The predicted molar refractivity (Wildman–Crippen MR) is 107 cm³/mol. The van der Waals surface area contributed by atoms with E-state index in [1.54, 1.807) is 17.0 Å². The van der Waals surface area contributed by atoms with Crippen LogP contribution in [0.4, 0.5) is 10.5 Å². The van der Waals surface area contributed by atoms with Gasteiger partial charge < -0.3 is 25.0 Å². The number of piperazine rings is 1. The summed E-state index contributed by atoms with van der Waals surface area (Å²) in [5.74, 6) is -0.0964. The van der Waals surface area contributed by atoms with Crippen LogP contribution in [0.5, 0.6) is 11.8 Å². The second-order valence-electron chi connectivity index (χ2n) is 7.64. The average molecular weight is 399 g/mol. The SMILES string of the molecule is CC(C)(C)OC(=O)N1CCN(c2ccc(Oc3nccc(C(N)=O)n3)cc2)CC1. The third-order valence-corrected chi connectivity index (χ3v) is 4.23. The fourth-order valence-electron chi connectivity index (χ4n) is 2.83. The summed E-state index contributed by atoms with van der Waals surface area (Å²) in [5.41, 5.74) is 5.83. The first kappa shape index (κ1) is 20.4. The first-order chi connectivity index (χ1) is 13.7. The Kier molecular flexibility index (Phi) is 5.86. The standard InChI is InChI=1S/C20H25N5O4/c1-20(2,3)29-19(27)25-12-10-24(11-13-25)14-4-6-15(7-5-14)28-18-22-9-8-16(23-18)17(21)26/h4-9H,10-13H2,1-3H3,(H2,21,26). The lowest BCUT2D eigenvalue weighted by atomic mass is 10.2. The topological polar surface area (TPSA) is 111 Å². The van der Waals surface area contributed by atoms with E-state index in [2.05, 4.69) is 14.9 Å². The first-order valence-electron chi connectivity index (χ1n) is 9.35. The number of carbonyl (C=O) groups is 2. The average Bonchev–Trinajstić information content (AvgIpc) is 2.67. The minimum absolute atomic E-state index is 0.0556. The van der Waals surface area contributed by atoms with Gasteiger partial charge in [-0.3, -0.25) is 4.79 Å². The zero-order chi connectivity index (χ0) is 21.0.